The Bertz CT molecular complexity index is 407. The summed E-state index contributed by atoms with van der Waals surface area (Å²) < 4.78 is 5.78. The molecule has 0 aliphatic carbocycles. The van der Waals surface area contributed by atoms with Crippen molar-refractivity contribution >= 4 is 0 Å². The zero-order chi connectivity index (χ0) is 13.8. The third kappa shape index (κ3) is 3.35. The van der Waals surface area contributed by atoms with Crippen LogP contribution in [0, 0.1) is 6.92 Å². The molecular formula is C16H26N2O. The average molecular weight is 262 g/mol. The average Bonchev–Trinajstić information content (AvgIpc) is 2.40. The molecule has 106 valence electrons. The van der Waals surface area contributed by atoms with Crippen molar-refractivity contribution < 1.29 is 4.74 Å². The Hall–Kier alpha value is -0.900. The van der Waals surface area contributed by atoms with Gasteiger partial charge in [0, 0.05) is 25.2 Å². The third-order valence-electron chi connectivity index (χ3n) is 4.03. The topological polar surface area (TPSA) is 38.5 Å². The first kappa shape index (κ1) is 14.5. The van der Waals surface area contributed by atoms with Gasteiger partial charge in [-0.1, -0.05) is 36.8 Å². The van der Waals surface area contributed by atoms with Gasteiger partial charge in [0.1, 0.15) is 0 Å². The van der Waals surface area contributed by atoms with Gasteiger partial charge in [-0.2, -0.15) is 0 Å². The zero-order valence-electron chi connectivity index (χ0n) is 12.3. The fourth-order valence-corrected chi connectivity index (χ4v) is 2.94. The number of hydrogen-bond acceptors (Lipinski definition) is 3. The van der Waals surface area contributed by atoms with Gasteiger partial charge < -0.3 is 10.5 Å². The largest absolute Gasteiger partial charge is 0.376 e. The lowest BCUT2D eigenvalue weighted by Gasteiger charge is -2.43. The highest BCUT2D eigenvalue weighted by atomic mass is 16.5. The monoisotopic (exact) mass is 262 g/mol. The maximum absolute atomic E-state index is 6.07. The summed E-state index contributed by atoms with van der Waals surface area (Å²) in [5.74, 6) is 0. The van der Waals surface area contributed by atoms with Gasteiger partial charge in [-0.15, -0.1) is 0 Å². The Morgan fingerprint density at radius 1 is 1.47 bits per heavy atom. The Balaban J connectivity index is 2.23. The fourth-order valence-electron chi connectivity index (χ4n) is 2.94. The van der Waals surface area contributed by atoms with Crippen LogP contribution in [0.2, 0.25) is 0 Å². The summed E-state index contributed by atoms with van der Waals surface area (Å²) in [4.78, 5) is 2.53. The molecule has 2 rings (SSSR count). The fraction of sp³-hybridized carbons (Fsp3) is 0.625. The van der Waals surface area contributed by atoms with E-state index >= 15 is 0 Å². The highest BCUT2D eigenvalue weighted by molar-refractivity contribution is 5.25. The molecule has 0 spiro atoms. The van der Waals surface area contributed by atoms with E-state index in [4.69, 9.17) is 10.5 Å². The van der Waals surface area contributed by atoms with Crippen molar-refractivity contribution in [2.24, 2.45) is 5.73 Å². The van der Waals surface area contributed by atoms with E-state index in [1.807, 2.05) is 0 Å². The summed E-state index contributed by atoms with van der Waals surface area (Å²) in [7, 11) is 0. The summed E-state index contributed by atoms with van der Waals surface area (Å²) in [6, 6.07) is 9.48. The maximum Gasteiger partial charge on any atom is 0.0675 e. The Morgan fingerprint density at radius 2 is 2.26 bits per heavy atom. The van der Waals surface area contributed by atoms with Crippen molar-refractivity contribution in [1.29, 1.82) is 0 Å². The Morgan fingerprint density at radius 3 is 2.89 bits per heavy atom. The van der Waals surface area contributed by atoms with Crippen molar-refractivity contribution in [2.45, 2.75) is 45.4 Å². The molecular weight excluding hydrogens is 236 g/mol. The molecule has 1 saturated heterocycles. The van der Waals surface area contributed by atoms with Crippen molar-refractivity contribution in [3.8, 4) is 0 Å². The first-order chi connectivity index (χ1) is 9.15. The van der Waals surface area contributed by atoms with E-state index in [9.17, 15) is 0 Å². The molecule has 0 saturated carbocycles. The van der Waals surface area contributed by atoms with Gasteiger partial charge in [-0.25, -0.2) is 0 Å². The van der Waals surface area contributed by atoms with Crippen molar-refractivity contribution in [3.05, 3.63) is 35.4 Å². The molecule has 0 bridgehead atoms. The molecule has 19 heavy (non-hydrogen) atoms. The van der Waals surface area contributed by atoms with Gasteiger partial charge in [-0.05, 0) is 25.8 Å². The highest BCUT2D eigenvalue weighted by Crippen LogP contribution is 2.27. The van der Waals surface area contributed by atoms with Crippen LogP contribution < -0.4 is 5.73 Å². The lowest BCUT2D eigenvalue weighted by Crippen LogP contribution is -2.51. The first-order valence-corrected chi connectivity index (χ1v) is 7.29. The van der Waals surface area contributed by atoms with E-state index in [1.165, 1.54) is 11.1 Å². The SMILES string of the molecule is CCC1COC(C)CN1C(CN)c1cccc(C)c1. The predicted octanol–water partition coefficient (Wildman–Crippen LogP) is 2.49. The second-order valence-corrected chi connectivity index (χ2v) is 5.57. The molecule has 2 N–H and O–H groups in total. The maximum atomic E-state index is 6.07. The van der Waals surface area contributed by atoms with Crippen molar-refractivity contribution in [1.82, 2.24) is 4.90 Å². The molecule has 1 heterocycles. The van der Waals surface area contributed by atoms with Gasteiger partial charge in [0.15, 0.2) is 0 Å². The van der Waals surface area contributed by atoms with Gasteiger partial charge in [-0.3, -0.25) is 4.90 Å². The minimum Gasteiger partial charge on any atom is -0.376 e. The predicted molar refractivity (Wildman–Crippen MR) is 79.2 cm³/mol. The van der Waals surface area contributed by atoms with Crippen LogP contribution in [-0.2, 0) is 4.74 Å². The second kappa shape index (κ2) is 6.51. The van der Waals surface area contributed by atoms with Crippen LogP contribution in [0.3, 0.4) is 0 Å². The second-order valence-electron chi connectivity index (χ2n) is 5.57. The van der Waals surface area contributed by atoms with Crippen molar-refractivity contribution in [3.63, 3.8) is 0 Å². The minimum atomic E-state index is 0.293. The number of hydrogen-bond donors (Lipinski definition) is 1. The number of morpholine rings is 1. The standard InChI is InChI=1S/C16H26N2O/c1-4-15-11-19-13(3)10-18(15)16(9-17)14-7-5-6-12(2)8-14/h5-8,13,15-16H,4,9-11,17H2,1-3H3. The molecule has 0 amide bonds. The summed E-state index contributed by atoms with van der Waals surface area (Å²) in [6.45, 7) is 8.95. The summed E-state index contributed by atoms with van der Waals surface area (Å²) in [6.07, 6.45) is 1.40. The van der Waals surface area contributed by atoms with Crippen LogP contribution >= 0.6 is 0 Å². The number of ether oxygens (including phenoxy) is 1. The lowest BCUT2D eigenvalue weighted by molar-refractivity contribution is -0.0719. The number of aryl methyl sites for hydroxylation is 1. The van der Waals surface area contributed by atoms with Crippen molar-refractivity contribution in [2.75, 3.05) is 19.7 Å². The molecule has 1 aromatic carbocycles. The van der Waals surface area contributed by atoms with Gasteiger partial charge >= 0.3 is 0 Å². The van der Waals surface area contributed by atoms with E-state index in [-0.39, 0.29) is 0 Å². The van der Waals surface area contributed by atoms with Crippen LogP contribution in [-0.4, -0.2) is 36.7 Å². The van der Waals surface area contributed by atoms with E-state index in [0.29, 0.717) is 24.7 Å². The Kier molecular flexibility index (Phi) is 4.97. The molecule has 3 atom stereocenters. The number of rotatable bonds is 4. The smallest absolute Gasteiger partial charge is 0.0675 e. The third-order valence-corrected chi connectivity index (χ3v) is 4.03. The van der Waals surface area contributed by atoms with Gasteiger partial charge in [0.25, 0.3) is 0 Å². The number of benzene rings is 1. The van der Waals surface area contributed by atoms with Gasteiger partial charge in [0.05, 0.1) is 12.7 Å². The quantitative estimate of drug-likeness (QED) is 0.906. The molecule has 3 unspecified atom stereocenters. The van der Waals surface area contributed by atoms with E-state index in [2.05, 4.69) is 49.9 Å². The molecule has 3 heteroatoms. The first-order valence-electron chi connectivity index (χ1n) is 7.29. The number of nitrogens with two attached hydrogens (primary N) is 1. The summed E-state index contributed by atoms with van der Waals surface area (Å²) in [5, 5.41) is 0. The zero-order valence-corrected chi connectivity index (χ0v) is 12.3. The molecule has 1 aliphatic heterocycles. The molecule has 0 aromatic heterocycles. The molecule has 1 aliphatic rings. The van der Waals surface area contributed by atoms with E-state index in [0.717, 1.165) is 19.6 Å². The minimum absolute atomic E-state index is 0.293. The van der Waals surface area contributed by atoms with Crippen LogP contribution in [0.1, 0.15) is 37.4 Å². The van der Waals surface area contributed by atoms with Crippen LogP contribution in [0.15, 0.2) is 24.3 Å². The number of nitrogens with zero attached hydrogens (tertiary/aromatic N) is 1. The highest BCUT2D eigenvalue weighted by Gasteiger charge is 2.31. The molecule has 3 nitrogen and oxygen atoms in total. The van der Waals surface area contributed by atoms with Crippen LogP contribution in [0.4, 0.5) is 0 Å². The Labute approximate surface area is 116 Å². The molecule has 0 radical (unpaired) electrons. The normalized spacial score (nSPS) is 26.3. The summed E-state index contributed by atoms with van der Waals surface area (Å²) in [5.41, 5.74) is 8.69. The van der Waals surface area contributed by atoms with Crippen LogP contribution in [0.25, 0.3) is 0 Å². The lowest BCUT2D eigenvalue weighted by atomic mass is 9.99. The van der Waals surface area contributed by atoms with E-state index < -0.39 is 0 Å². The molecule has 1 fully saturated rings. The van der Waals surface area contributed by atoms with Gasteiger partial charge in [0.2, 0.25) is 0 Å². The summed E-state index contributed by atoms with van der Waals surface area (Å²) >= 11 is 0. The van der Waals surface area contributed by atoms with E-state index in [1.54, 1.807) is 0 Å². The van der Waals surface area contributed by atoms with Crippen LogP contribution in [0.5, 0.6) is 0 Å². The molecule has 1 aromatic rings.